The monoisotopic (exact) mass is 450 g/mol. The zero-order valence-electron chi connectivity index (χ0n) is 20.2. The van der Waals surface area contributed by atoms with Crippen LogP contribution in [0.25, 0.3) is 11.1 Å². The van der Waals surface area contributed by atoms with Crippen molar-refractivity contribution in [3.05, 3.63) is 48.2 Å². The van der Waals surface area contributed by atoms with Crippen LogP contribution in [0, 0.1) is 0 Å². The highest BCUT2D eigenvalue weighted by atomic mass is 16.5. The Balaban J connectivity index is 2.17. The summed E-state index contributed by atoms with van der Waals surface area (Å²) in [7, 11) is 0. The molecule has 1 aromatic rings. The lowest BCUT2D eigenvalue weighted by Crippen LogP contribution is -2.10. The van der Waals surface area contributed by atoms with Crippen LogP contribution in [0.4, 0.5) is 0 Å². The van der Waals surface area contributed by atoms with Crippen LogP contribution in [-0.2, 0) is 28.4 Å². The highest BCUT2D eigenvalue weighted by Gasteiger charge is 2.02. The topological polar surface area (TPSA) is 55.4 Å². The summed E-state index contributed by atoms with van der Waals surface area (Å²) in [5, 5.41) is 0. The van der Waals surface area contributed by atoms with Crippen molar-refractivity contribution in [1.82, 2.24) is 0 Å². The Kier molecular flexibility index (Phi) is 17.7. The third-order valence-electron chi connectivity index (χ3n) is 4.44. The Labute approximate surface area is 194 Å². The second-order valence-corrected chi connectivity index (χ2v) is 7.35. The first kappa shape index (κ1) is 28.3. The molecule has 0 heterocycles. The largest absolute Gasteiger partial charge is 0.498 e. The maximum absolute atomic E-state index is 5.65. The molecule has 0 aliphatic heterocycles. The van der Waals surface area contributed by atoms with Gasteiger partial charge in [0.25, 0.3) is 0 Å². The first-order valence-electron chi connectivity index (χ1n) is 11.6. The zero-order chi connectivity index (χ0) is 23.3. The van der Waals surface area contributed by atoms with Gasteiger partial charge < -0.3 is 28.4 Å². The van der Waals surface area contributed by atoms with E-state index in [2.05, 4.69) is 44.7 Å². The Morgan fingerprint density at radius 2 is 1.09 bits per heavy atom. The summed E-state index contributed by atoms with van der Waals surface area (Å²) in [4.78, 5) is 0. The fourth-order valence-corrected chi connectivity index (χ4v) is 2.66. The summed E-state index contributed by atoms with van der Waals surface area (Å²) in [6, 6.07) is 8.24. The molecule has 182 valence electrons. The molecular weight excluding hydrogens is 408 g/mol. The van der Waals surface area contributed by atoms with Crippen LogP contribution in [0.15, 0.2) is 37.1 Å². The molecule has 0 amide bonds. The second kappa shape index (κ2) is 19.9. The van der Waals surface area contributed by atoms with Crippen LogP contribution in [0.5, 0.6) is 0 Å². The molecule has 0 radical (unpaired) electrons. The van der Waals surface area contributed by atoms with E-state index >= 15 is 0 Å². The zero-order valence-corrected chi connectivity index (χ0v) is 20.2. The number of benzene rings is 1. The van der Waals surface area contributed by atoms with Crippen LogP contribution in [0.3, 0.4) is 0 Å². The molecule has 1 aromatic carbocycles. The van der Waals surface area contributed by atoms with E-state index in [1.54, 1.807) is 6.26 Å². The van der Waals surface area contributed by atoms with E-state index in [1.807, 2.05) is 6.92 Å². The maximum atomic E-state index is 5.65. The van der Waals surface area contributed by atoms with E-state index in [0.717, 1.165) is 48.3 Å². The number of hydrogen-bond donors (Lipinski definition) is 0. The van der Waals surface area contributed by atoms with Crippen molar-refractivity contribution in [2.75, 3.05) is 72.7 Å². The van der Waals surface area contributed by atoms with Gasteiger partial charge in [-0.3, -0.25) is 0 Å². The molecule has 0 atom stereocenters. The summed E-state index contributed by atoms with van der Waals surface area (Å²) in [5.74, 6) is 0. The van der Waals surface area contributed by atoms with Gasteiger partial charge in [-0.15, -0.1) is 0 Å². The Morgan fingerprint density at radius 1 is 0.656 bits per heavy atom. The second-order valence-electron chi connectivity index (χ2n) is 7.35. The van der Waals surface area contributed by atoms with E-state index in [-0.39, 0.29) is 0 Å². The van der Waals surface area contributed by atoms with Gasteiger partial charge in [0.05, 0.1) is 59.1 Å². The van der Waals surface area contributed by atoms with Gasteiger partial charge in [0.15, 0.2) is 0 Å². The van der Waals surface area contributed by atoms with Crippen molar-refractivity contribution in [2.24, 2.45) is 0 Å². The quantitative estimate of drug-likeness (QED) is 0.194. The summed E-state index contributed by atoms with van der Waals surface area (Å²) in [6.45, 7) is 17.0. The lowest BCUT2D eigenvalue weighted by Gasteiger charge is -2.10. The molecule has 32 heavy (non-hydrogen) atoms. The molecule has 0 aliphatic rings. The van der Waals surface area contributed by atoms with Gasteiger partial charge >= 0.3 is 0 Å². The van der Waals surface area contributed by atoms with Gasteiger partial charge in [-0.05, 0) is 42.0 Å². The first-order chi connectivity index (χ1) is 15.7. The van der Waals surface area contributed by atoms with Gasteiger partial charge in [-0.1, -0.05) is 44.7 Å². The Bertz CT molecular complexity index is 611. The Morgan fingerprint density at radius 3 is 1.62 bits per heavy atom. The van der Waals surface area contributed by atoms with Crippen LogP contribution in [-0.4, -0.2) is 72.7 Å². The average Bonchev–Trinajstić information content (AvgIpc) is 2.81. The third kappa shape index (κ3) is 14.4. The Hall–Kier alpha value is -1.70. The summed E-state index contributed by atoms with van der Waals surface area (Å²) < 4.78 is 32.9. The number of rotatable bonds is 21. The van der Waals surface area contributed by atoms with E-state index in [1.165, 1.54) is 0 Å². The summed E-state index contributed by atoms with van der Waals surface area (Å²) in [6.07, 6.45) is 3.83. The number of ether oxygens (including phenoxy) is 6. The first-order valence-corrected chi connectivity index (χ1v) is 11.6. The van der Waals surface area contributed by atoms with Crippen LogP contribution >= 0.6 is 0 Å². The molecule has 0 aliphatic carbocycles. The van der Waals surface area contributed by atoms with Crippen molar-refractivity contribution in [1.29, 1.82) is 0 Å². The number of hydrogen-bond acceptors (Lipinski definition) is 6. The van der Waals surface area contributed by atoms with Crippen molar-refractivity contribution >= 4 is 11.1 Å². The molecule has 1 rings (SSSR count). The normalized spacial score (nSPS) is 11.7. The van der Waals surface area contributed by atoms with E-state index in [4.69, 9.17) is 28.4 Å². The smallest absolute Gasteiger partial charge is 0.111 e. The predicted molar refractivity (Wildman–Crippen MR) is 130 cm³/mol. The molecule has 0 saturated heterocycles. The van der Waals surface area contributed by atoms with Gasteiger partial charge in [-0.25, -0.2) is 0 Å². The molecule has 6 nitrogen and oxygen atoms in total. The molecule has 0 fully saturated rings. The lowest BCUT2D eigenvalue weighted by molar-refractivity contribution is 0.0205. The van der Waals surface area contributed by atoms with Gasteiger partial charge in [0, 0.05) is 13.2 Å². The maximum Gasteiger partial charge on any atom is 0.111 e. The van der Waals surface area contributed by atoms with E-state index in [0.29, 0.717) is 59.5 Å². The van der Waals surface area contributed by atoms with Crippen LogP contribution in [0.2, 0.25) is 0 Å². The van der Waals surface area contributed by atoms with E-state index < -0.39 is 0 Å². The number of allylic oxidation sites excluding steroid dienone is 1. The van der Waals surface area contributed by atoms with Crippen LogP contribution in [0.1, 0.15) is 44.7 Å². The standard InChI is InChI=1S/C26H42O6/c1-5-11-27-13-15-29-17-19-31-21-23(3)25-7-9-26(10-8-25)24(4)22-32-20-18-30-16-14-28-12-6-2/h7-10,22H,3,5-6,11-21H2,1-2,4H3/b24-22-. The minimum Gasteiger partial charge on any atom is -0.498 e. The highest BCUT2D eigenvalue weighted by molar-refractivity contribution is 5.68. The van der Waals surface area contributed by atoms with Crippen molar-refractivity contribution in [3.8, 4) is 0 Å². The van der Waals surface area contributed by atoms with Gasteiger partial charge in [0.1, 0.15) is 6.61 Å². The molecular formula is C26H42O6. The lowest BCUT2D eigenvalue weighted by atomic mass is 10.0. The summed E-state index contributed by atoms with van der Waals surface area (Å²) >= 11 is 0. The minimum atomic E-state index is 0.483. The fourth-order valence-electron chi connectivity index (χ4n) is 2.66. The average molecular weight is 451 g/mol. The SMILES string of the molecule is C=C(COCCOCCOCCC)c1ccc(/C(C)=C\OCCOCCOCCC)cc1. The molecule has 0 spiro atoms. The van der Waals surface area contributed by atoms with Gasteiger partial charge in [-0.2, -0.15) is 0 Å². The van der Waals surface area contributed by atoms with Crippen molar-refractivity contribution in [3.63, 3.8) is 0 Å². The molecule has 0 aromatic heterocycles. The predicted octanol–water partition coefficient (Wildman–Crippen LogP) is 4.98. The molecule has 0 N–H and O–H groups in total. The van der Waals surface area contributed by atoms with Crippen molar-refractivity contribution in [2.45, 2.75) is 33.6 Å². The summed E-state index contributed by atoms with van der Waals surface area (Å²) in [5.41, 5.74) is 4.18. The van der Waals surface area contributed by atoms with Crippen LogP contribution < -0.4 is 0 Å². The van der Waals surface area contributed by atoms with Crippen molar-refractivity contribution < 1.29 is 28.4 Å². The molecule has 6 heteroatoms. The highest BCUT2D eigenvalue weighted by Crippen LogP contribution is 2.18. The van der Waals surface area contributed by atoms with E-state index in [9.17, 15) is 0 Å². The minimum absolute atomic E-state index is 0.483. The van der Waals surface area contributed by atoms with Gasteiger partial charge in [0.2, 0.25) is 0 Å². The molecule has 0 bridgehead atoms. The molecule has 0 saturated carbocycles. The fraction of sp³-hybridized carbons (Fsp3) is 0.615. The third-order valence-corrected chi connectivity index (χ3v) is 4.44. The molecule has 0 unspecified atom stereocenters.